The van der Waals surface area contributed by atoms with E-state index in [1.807, 2.05) is 0 Å². The Kier molecular flexibility index (Phi) is 4.87. The summed E-state index contributed by atoms with van der Waals surface area (Å²) in [6.07, 6.45) is 1.31. The maximum absolute atomic E-state index is 13.0. The van der Waals surface area contributed by atoms with E-state index in [-0.39, 0.29) is 17.8 Å². The van der Waals surface area contributed by atoms with Crippen molar-refractivity contribution in [1.29, 1.82) is 0 Å². The van der Waals surface area contributed by atoms with Crippen LogP contribution in [0, 0.1) is 11.7 Å². The first-order valence-corrected chi connectivity index (χ1v) is 8.11. The number of anilines is 1. The van der Waals surface area contributed by atoms with Gasteiger partial charge in [0.05, 0.1) is 12.1 Å². The minimum atomic E-state index is -1.07. The van der Waals surface area contributed by atoms with Crippen LogP contribution < -0.4 is 5.32 Å². The van der Waals surface area contributed by atoms with Gasteiger partial charge in [-0.1, -0.05) is 0 Å². The van der Waals surface area contributed by atoms with Crippen LogP contribution in [-0.4, -0.2) is 48.0 Å². The molecule has 5 atom stereocenters. The van der Waals surface area contributed by atoms with E-state index in [0.29, 0.717) is 25.9 Å². The molecule has 1 aliphatic carbocycles. The summed E-state index contributed by atoms with van der Waals surface area (Å²) in [5, 5.41) is 24.6. The first-order chi connectivity index (χ1) is 11.0. The summed E-state index contributed by atoms with van der Waals surface area (Å²) in [6, 6.07) is 5.89. The van der Waals surface area contributed by atoms with Gasteiger partial charge in [0.1, 0.15) is 11.4 Å². The number of aliphatic hydroxyl groups excluding tert-OH is 1. The Labute approximate surface area is 135 Å². The molecule has 2 aliphatic rings. The van der Waals surface area contributed by atoms with Gasteiger partial charge < -0.3 is 25.0 Å². The number of hydrogen-bond acceptors (Lipinski definition) is 5. The average molecular weight is 325 g/mol. The fraction of sp³-hybridized carbons (Fsp3) is 0.647. The third kappa shape index (κ3) is 3.21. The fourth-order valence-corrected chi connectivity index (χ4v) is 3.89. The van der Waals surface area contributed by atoms with E-state index < -0.39 is 18.0 Å². The molecule has 6 heteroatoms. The number of halogens is 1. The maximum atomic E-state index is 13.0. The van der Waals surface area contributed by atoms with E-state index in [1.54, 1.807) is 12.1 Å². The van der Waals surface area contributed by atoms with Crippen molar-refractivity contribution in [2.75, 3.05) is 19.0 Å². The summed E-state index contributed by atoms with van der Waals surface area (Å²) in [6.45, 7) is 0.573. The van der Waals surface area contributed by atoms with E-state index in [0.717, 1.165) is 12.1 Å². The lowest BCUT2D eigenvalue weighted by atomic mass is 9.68. The Morgan fingerprint density at radius 2 is 2.09 bits per heavy atom. The van der Waals surface area contributed by atoms with Crippen molar-refractivity contribution in [2.45, 2.75) is 49.7 Å². The number of rotatable bonds is 4. The molecular weight excluding hydrogens is 301 g/mol. The summed E-state index contributed by atoms with van der Waals surface area (Å²) in [5.74, 6) is -0.545. The van der Waals surface area contributed by atoms with Crippen LogP contribution in [0.5, 0.6) is 0 Å². The average Bonchev–Trinajstić information content (AvgIpc) is 2.56. The Morgan fingerprint density at radius 3 is 2.78 bits per heavy atom. The van der Waals surface area contributed by atoms with Gasteiger partial charge in [0.15, 0.2) is 6.29 Å². The van der Waals surface area contributed by atoms with Crippen LogP contribution in [0.15, 0.2) is 24.3 Å². The number of nitrogens with one attached hydrogen (secondary N) is 1. The molecule has 0 amide bonds. The molecule has 1 saturated heterocycles. The second-order valence-corrected chi connectivity index (χ2v) is 6.46. The third-order valence-corrected chi connectivity index (χ3v) is 5.09. The van der Waals surface area contributed by atoms with E-state index in [9.17, 15) is 14.6 Å². The second-order valence-electron chi connectivity index (χ2n) is 6.46. The van der Waals surface area contributed by atoms with E-state index in [2.05, 4.69) is 5.32 Å². The molecule has 5 nitrogen and oxygen atoms in total. The van der Waals surface area contributed by atoms with Crippen LogP contribution in [0.25, 0.3) is 0 Å². The molecule has 1 aromatic rings. The largest absolute Gasteiger partial charge is 0.385 e. The molecule has 128 valence electrons. The summed E-state index contributed by atoms with van der Waals surface area (Å²) >= 11 is 0. The molecule has 3 unspecified atom stereocenters. The van der Waals surface area contributed by atoms with Crippen molar-refractivity contribution in [3.8, 4) is 0 Å². The predicted octanol–water partition coefficient (Wildman–Crippen LogP) is 1.89. The quantitative estimate of drug-likeness (QED) is 0.738. The van der Waals surface area contributed by atoms with Crippen molar-refractivity contribution in [1.82, 2.24) is 0 Å². The molecule has 1 aromatic carbocycles. The van der Waals surface area contributed by atoms with Crippen LogP contribution in [0.3, 0.4) is 0 Å². The summed E-state index contributed by atoms with van der Waals surface area (Å²) in [7, 11) is 1.45. The monoisotopic (exact) mass is 325 g/mol. The number of aliphatic hydroxyl groups is 2. The van der Waals surface area contributed by atoms with E-state index in [1.165, 1.54) is 19.2 Å². The molecule has 0 spiro atoms. The zero-order valence-electron chi connectivity index (χ0n) is 13.2. The Bertz CT molecular complexity index is 526. The van der Waals surface area contributed by atoms with Crippen molar-refractivity contribution in [3.63, 3.8) is 0 Å². The normalized spacial score (nSPS) is 35.4. The lowest BCUT2D eigenvalue weighted by Crippen LogP contribution is -2.65. The molecular formula is C17H24FNO4. The fourth-order valence-electron chi connectivity index (χ4n) is 3.89. The molecule has 3 N–H and O–H groups in total. The van der Waals surface area contributed by atoms with Gasteiger partial charge in [-0.05, 0) is 49.9 Å². The van der Waals surface area contributed by atoms with Crippen molar-refractivity contribution < 1.29 is 24.1 Å². The van der Waals surface area contributed by atoms with Gasteiger partial charge in [-0.2, -0.15) is 0 Å². The minimum Gasteiger partial charge on any atom is -0.385 e. The highest BCUT2D eigenvalue weighted by atomic mass is 19.1. The molecule has 2 fully saturated rings. The summed E-state index contributed by atoms with van der Waals surface area (Å²) < 4.78 is 23.9. The molecule has 1 saturated carbocycles. The standard InChI is InChI=1S/C17H24FNO4/c1-22-16(20)13-7-8-14(17(21)9-2-10-23-15(13)17)19-12-5-3-11(18)4-6-12/h3-6,13-16,19-21H,2,7-10H2,1H3/t13?,14-,15-,16?,17?/m1/s1. The van der Waals surface area contributed by atoms with E-state index in [4.69, 9.17) is 9.47 Å². The third-order valence-electron chi connectivity index (χ3n) is 5.09. The van der Waals surface area contributed by atoms with Crippen molar-refractivity contribution in [2.24, 2.45) is 5.92 Å². The zero-order valence-corrected chi connectivity index (χ0v) is 13.2. The van der Waals surface area contributed by atoms with Gasteiger partial charge in [0, 0.05) is 25.3 Å². The first kappa shape index (κ1) is 16.6. The van der Waals surface area contributed by atoms with Crippen LogP contribution in [0.2, 0.25) is 0 Å². The topological polar surface area (TPSA) is 71.0 Å². The number of ether oxygens (including phenoxy) is 2. The Balaban J connectivity index is 1.80. The van der Waals surface area contributed by atoms with Crippen LogP contribution in [0.1, 0.15) is 25.7 Å². The predicted molar refractivity (Wildman–Crippen MR) is 83.5 cm³/mol. The van der Waals surface area contributed by atoms with Crippen molar-refractivity contribution in [3.05, 3.63) is 30.1 Å². The molecule has 3 rings (SSSR count). The zero-order chi connectivity index (χ0) is 16.4. The number of methoxy groups -OCH3 is 1. The van der Waals surface area contributed by atoms with Crippen LogP contribution in [-0.2, 0) is 9.47 Å². The molecule has 1 aliphatic heterocycles. The molecule has 0 aromatic heterocycles. The highest BCUT2D eigenvalue weighted by Gasteiger charge is 2.54. The lowest BCUT2D eigenvalue weighted by molar-refractivity contribution is -0.237. The van der Waals surface area contributed by atoms with Crippen LogP contribution in [0.4, 0.5) is 10.1 Å². The lowest BCUT2D eigenvalue weighted by Gasteiger charge is -2.52. The van der Waals surface area contributed by atoms with Crippen LogP contribution >= 0.6 is 0 Å². The van der Waals surface area contributed by atoms with Gasteiger partial charge in [-0.15, -0.1) is 0 Å². The van der Waals surface area contributed by atoms with Gasteiger partial charge in [0.25, 0.3) is 0 Å². The molecule has 1 heterocycles. The number of fused-ring (bicyclic) bond motifs is 1. The van der Waals surface area contributed by atoms with Gasteiger partial charge in [-0.25, -0.2) is 4.39 Å². The number of hydrogen-bond donors (Lipinski definition) is 3. The first-order valence-electron chi connectivity index (χ1n) is 8.11. The van der Waals surface area contributed by atoms with Gasteiger partial charge in [-0.3, -0.25) is 0 Å². The number of benzene rings is 1. The minimum absolute atomic E-state index is 0.210. The smallest absolute Gasteiger partial charge is 0.159 e. The molecule has 23 heavy (non-hydrogen) atoms. The van der Waals surface area contributed by atoms with E-state index >= 15 is 0 Å². The van der Waals surface area contributed by atoms with Gasteiger partial charge in [0.2, 0.25) is 0 Å². The highest BCUT2D eigenvalue weighted by molar-refractivity contribution is 5.45. The van der Waals surface area contributed by atoms with Crippen molar-refractivity contribution >= 4 is 5.69 Å². The molecule has 0 bridgehead atoms. The molecule has 0 radical (unpaired) electrons. The summed E-state index contributed by atoms with van der Waals surface area (Å²) in [4.78, 5) is 0. The Morgan fingerprint density at radius 1 is 1.35 bits per heavy atom. The Hall–Kier alpha value is -1.21. The SMILES string of the molecule is COC(O)C1CC[C@@H](Nc2ccc(F)cc2)C2(O)CCCO[C@H]12. The highest BCUT2D eigenvalue weighted by Crippen LogP contribution is 2.43. The second kappa shape index (κ2) is 6.73. The maximum Gasteiger partial charge on any atom is 0.159 e. The summed E-state index contributed by atoms with van der Waals surface area (Å²) in [5.41, 5.74) is -0.311. The van der Waals surface area contributed by atoms with Gasteiger partial charge >= 0.3 is 0 Å².